The van der Waals surface area contributed by atoms with Crippen LogP contribution in [0.15, 0.2) is 0 Å². The van der Waals surface area contributed by atoms with Crippen LogP contribution in [-0.2, 0) is 0 Å². The second kappa shape index (κ2) is 11.5. The topological polar surface area (TPSA) is 309 Å². The van der Waals surface area contributed by atoms with Crippen molar-refractivity contribution in [1.82, 2.24) is 119 Å². The van der Waals surface area contributed by atoms with Gasteiger partial charge in [0.25, 0.3) is 0 Å². The summed E-state index contributed by atoms with van der Waals surface area (Å²) in [7, 11) is 1.52. The van der Waals surface area contributed by atoms with Crippen LogP contribution < -0.4 is 16.0 Å². The number of carbonyl (C=O) groups is 12. The maximum absolute atomic E-state index is 15.1. The van der Waals surface area contributed by atoms with Gasteiger partial charge in [-0.1, -0.05) is 0 Å². The molecule has 17 rings (SSSR count). The van der Waals surface area contributed by atoms with Crippen molar-refractivity contribution in [2.45, 2.75) is 74.0 Å². The summed E-state index contributed by atoms with van der Waals surface area (Å²) in [6.45, 7) is -3.92. The minimum atomic E-state index is -1.17. The molecule has 0 bridgehead atoms. The number of urea groups is 12. The van der Waals surface area contributed by atoms with Crippen molar-refractivity contribution < 1.29 is 57.5 Å². The molecule has 36 nitrogen and oxygen atoms in total. The van der Waals surface area contributed by atoms with E-state index in [0.29, 0.717) is 0 Å². The molecule has 3 N–H and O–H groups in total. The zero-order chi connectivity index (χ0) is 48.2. The number of nitrogens with one attached hydrogen (secondary N) is 3. The first-order chi connectivity index (χ1) is 34.1. The van der Waals surface area contributed by atoms with Crippen LogP contribution >= 0.6 is 0 Å². The fourth-order valence-corrected chi connectivity index (χ4v) is 14.6. The monoisotopic (exact) mass is 986 g/mol. The van der Waals surface area contributed by atoms with Crippen LogP contribution in [0.25, 0.3) is 0 Å². The molecule has 36 heteroatoms. The Labute approximate surface area is 396 Å². The fraction of sp³-hybridized carbons (Fsp3) is 0.657. The molecule has 17 aliphatic rings. The van der Waals surface area contributed by atoms with Crippen LogP contribution in [-0.4, -0.2) is 323 Å². The molecule has 0 aliphatic carbocycles. The lowest BCUT2D eigenvalue weighted by atomic mass is 10.3. The zero-order valence-electron chi connectivity index (χ0n) is 36.8. The summed E-state index contributed by atoms with van der Waals surface area (Å²) in [6.07, 6.45) is -12.3. The lowest BCUT2D eigenvalue weighted by Gasteiger charge is -2.42. The molecular formula is C35H38N24O12. The third-order valence-corrected chi connectivity index (χ3v) is 17.6. The van der Waals surface area contributed by atoms with Gasteiger partial charge in [0.15, 0.2) is 61.7 Å². The van der Waals surface area contributed by atoms with E-state index < -0.39 is 186 Å². The van der Waals surface area contributed by atoms with Gasteiger partial charge in [-0.05, 0) is 0 Å². The van der Waals surface area contributed by atoms with Gasteiger partial charge in [0.1, 0.15) is 79.0 Å². The van der Waals surface area contributed by atoms with Gasteiger partial charge >= 0.3 is 72.4 Å². The fourth-order valence-electron chi connectivity index (χ4n) is 14.6. The minimum absolute atomic E-state index is 0.302. The van der Waals surface area contributed by atoms with Crippen LogP contribution in [0.2, 0.25) is 0 Å². The summed E-state index contributed by atoms with van der Waals surface area (Å²) in [4.78, 5) is 200. The van der Waals surface area contributed by atoms with E-state index >= 15 is 19.2 Å². The average Bonchev–Trinajstić information content (AvgIpc) is 4.23. The summed E-state index contributed by atoms with van der Waals surface area (Å²) < 4.78 is 0. The Kier molecular flexibility index (Phi) is 6.16. The van der Waals surface area contributed by atoms with E-state index in [1.54, 1.807) is 0 Å². The molecule has 0 aromatic rings. The van der Waals surface area contributed by atoms with Crippen LogP contribution in [0.3, 0.4) is 0 Å². The zero-order valence-corrected chi connectivity index (χ0v) is 36.8. The first-order valence-corrected chi connectivity index (χ1v) is 23.0. The van der Waals surface area contributed by atoms with Crippen molar-refractivity contribution in [2.75, 3.05) is 73.7 Å². The highest BCUT2D eigenvalue weighted by atomic mass is 16.2. The van der Waals surface area contributed by atoms with Crippen LogP contribution in [0.5, 0.6) is 0 Å². The molecule has 3 unspecified atom stereocenters. The summed E-state index contributed by atoms with van der Waals surface area (Å²) in [6, 6.07) is -7.22. The number of rotatable bonds is 0. The minimum Gasteiger partial charge on any atom is -0.314 e. The Morgan fingerprint density at radius 2 is 0.451 bits per heavy atom. The van der Waals surface area contributed by atoms with Gasteiger partial charge in [0, 0.05) is 7.05 Å². The summed E-state index contributed by atoms with van der Waals surface area (Å²) in [5.74, 6) is 0. The molecule has 0 aromatic carbocycles. The first kappa shape index (κ1) is 38.1. The van der Waals surface area contributed by atoms with E-state index in [0.717, 1.165) is 0 Å². The number of hydrogen-bond acceptors (Lipinski definition) is 12. The third kappa shape index (κ3) is 3.88. The molecule has 17 saturated heterocycles. The highest BCUT2D eigenvalue weighted by Gasteiger charge is 2.73. The van der Waals surface area contributed by atoms with Crippen LogP contribution in [0.1, 0.15) is 0 Å². The van der Waals surface area contributed by atoms with Gasteiger partial charge in [-0.2, -0.15) is 0 Å². The van der Waals surface area contributed by atoms with Crippen molar-refractivity contribution in [3.63, 3.8) is 0 Å². The highest BCUT2D eigenvalue weighted by Crippen LogP contribution is 2.49. The Bertz CT molecular complexity index is 2820. The van der Waals surface area contributed by atoms with E-state index in [4.69, 9.17) is 0 Å². The van der Waals surface area contributed by atoms with E-state index in [2.05, 4.69) is 16.0 Å². The number of nitrogens with zero attached hydrogens (tertiary/aromatic N) is 21. The van der Waals surface area contributed by atoms with E-state index in [1.807, 2.05) is 0 Å². The first-order valence-electron chi connectivity index (χ1n) is 23.0. The average molecular weight is 987 g/mol. The molecule has 71 heavy (non-hydrogen) atoms. The Balaban J connectivity index is 0.719. The van der Waals surface area contributed by atoms with Gasteiger partial charge in [-0.3, -0.25) is 98.0 Å². The molecule has 24 amide bonds. The molecule has 0 aromatic heterocycles. The second-order valence-corrected chi connectivity index (χ2v) is 20.4. The van der Waals surface area contributed by atoms with Gasteiger partial charge < -0.3 is 20.9 Å². The molecular weight excluding hydrogens is 949 g/mol. The van der Waals surface area contributed by atoms with E-state index in [9.17, 15) is 38.4 Å². The SMILES string of the molecule is CN1C(=O)N2CN3C(=O)N4CN5C(=O)N6CN7C(=O)N8CN9C(=O)N%10CN%11C(=O)NC%12NC(=O)N(CN%13C(=O)N(CN%14C(=O)N(CN%15C(=O)N(CN%16C(=O)N(CN%17C(=O)N[C@H]1[C@@H]%172)[C@H]3[C@@H]%164)[C@H]5[C@@H]%156)[C@H]7[C@@H]%148)[C@H]9C%13%10)C%12%11. The van der Waals surface area contributed by atoms with E-state index in [-0.39, 0.29) is 26.7 Å². The standard InChI is InChI=1S/C35H38N24O12/c1-39-13-15-42(26(62)38-13)4-46-17-19-50(30(46)66)8-54-21-23-58(34(54)70)10-56-22-20-52(32(56)68)6-48-18-16-44(28(48)64)2-40-14-12(36-24(40)60)37-25(61)41(14)3-45(16)29(65)49(18)7-53(20)33(69)57(22)11-59(23)35(71)55(21)9-51(19)31(67)47(17)5-43(15)27(39)63/h12-23H,2-11H2,1H3,(H,36,60)(H,37,61)(H,38,62)/t12?,13-,14?,15+,16?,17-,18-,19+,20+,21-,22-,23+/m1/s1. The summed E-state index contributed by atoms with van der Waals surface area (Å²) in [5.41, 5.74) is 0. The van der Waals surface area contributed by atoms with E-state index in [1.165, 1.54) is 110 Å². The summed E-state index contributed by atoms with van der Waals surface area (Å²) in [5, 5.41) is 8.18. The molecule has 0 spiro atoms. The van der Waals surface area contributed by atoms with Crippen LogP contribution in [0.4, 0.5) is 57.5 Å². The molecule has 370 valence electrons. The molecule has 17 heterocycles. The normalized spacial score (nSPS) is 39.4. The van der Waals surface area contributed by atoms with Gasteiger partial charge in [0.2, 0.25) is 0 Å². The number of hydrogen-bond donors (Lipinski definition) is 3. The van der Waals surface area contributed by atoms with Crippen molar-refractivity contribution in [3.8, 4) is 0 Å². The molecule has 17 aliphatic heterocycles. The molecule has 0 radical (unpaired) electrons. The van der Waals surface area contributed by atoms with Crippen LogP contribution in [0, 0.1) is 0 Å². The maximum atomic E-state index is 15.1. The van der Waals surface area contributed by atoms with Gasteiger partial charge in [-0.25, -0.2) is 57.5 Å². The van der Waals surface area contributed by atoms with Crippen molar-refractivity contribution in [1.29, 1.82) is 0 Å². The lowest BCUT2D eigenvalue weighted by molar-refractivity contribution is -0.0184. The Morgan fingerprint density at radius 1 is 0.254 bits per heavy atom. The molecule has 0 saturated carbocycles. The van der Waals surface area contributed by atoms with Gasteiger partial charge in [-0.15, -0.1) is 0 Å². The third-order valence-electron chi connectivity index (χ3n) is 17.6. The largest absolute Gasteiger partial charge is 0.326 e. The smallest absolute Gasteiger partial charge is 0.314 e. The number of amides is 24. The Hall–Kier alpha value is -8.76. The van der Waals surface area contributed by atoms with Crippen molar-refractivity contribution >= 4 is 72.4 Å². The van der Waals surface area contributed by atoms with Crippen molar-refractivity contribution in [3.05, 3.63) is 0 Å². The quantitative estimate of drug-likeness (QED) is 0.204. The van der Waals surface area contributed by atoms with Gasteiger partial charge in [0.05, 0.1) is 0 Å². The summed E-state index contributed by atoms with van der Waals surface area (Å²) >= 11 is 0. The molecule has 17 fully saturated rings. The number of carbonyl (C=O) groups excluding carboxylic acids is 12. The Morgan fingerprint density at radius 3 is 0.704 bits per heavy atom. The highest BCUT2D eigenvalue weighted by molar-refractivity contribution is 5.94. The number of likely N-dealkylation sites (N-methyl/N-ethyl adjacent to an activating group) is 1. The predicted molar refractivity (Wildman–Crippen MR) is 213 cm³/mol. The van der Waals surface area contributed by atoms with Crippen molar-refractivity contribution in [2.24, 2.45) is 0 Å². The lowest BCUT2D eigenvalue weighted by Crippen LogP contribution is -2.63. The maximum Gasteiger partial charge on any atom is 0.326 e. The predicted octanol–water partition coefficient (Wildman–Crippen LogP) is -6.11. The molecule has 12 atom stereocenters. The second-order valence-electron chi connectivity index (χ2n) is 20.4.